The fraction of sp³-hybridized carbons (Fsp3) is 0.556. The molecule has 2 atom stereocenters. The van der Waals surface area contributed by atoms with Gasteiger partial charge >= 0.3 is 0 Å². The summed E-state index contributed by atoms with van der Waals surface area (Å²) in [5.74, 6) is -0.112. The van der Waals surface area contributed by atoms with Gasteiger partial charge in [0.2, 0.25) is 11.8 Å². The quantitative estimate of drug-likeness (QED) is 0.566. The van der Waals surface area contributed by atoms with Gasteiger partial charge in [0.1, 0.15) is 11.4 Å². The van der Waals surface area contributed by atoms with E-state index in [2.05, 4.69) is 5.32 Å². The van der Waals surface area contributed by atoms with Crippen molar-refractivity contribution in [3.05, 3.63) is 22.9 Å². The fourth-order valence-corrected chi connectivity index (χ4v) is 4.77. The molecular formula is C18H23N3O4S. The first kappa shape index (κ1) is 18.7. The maximum Gasteiger partial charge on any atom is 0.253 e. The Morgan fingerprint density at radius 3 is 2.65 bits per heavy atom. The summed E-state index contributed by atoms with van der Waals surface area (Å²) in [5, 5.41) is 2.51. The Morgan fingerprint density at radius 1 is 1.35 bits per heavy atom. The van der Waals surface area contributed by atoms with Crippen LogP contribution in [0.2, 0.25) is 0 Å². The molecule has 3 heterocycles. The first-order chi connectivity index (χ1) is 12.3. The minimum atomic E-state index is -0.582. The first-order valence-corrected chi connectivity index (χ1v) is 9.84. The maximum absolute atomic E-state index is 12.6. The molecule has 0 saturated carbocycles. The van der Waals surface area contributed by atoms with Crippen molar-refractivity contribution in [1.82, 2.24) is 15.1 Å². The van der Waals surface area contributed by atoms with Gasteiger partial charge in [-0.3, -0.25) is 24.1 Å². The van der Waals surface area contributed by atoms with Gasteiger partial charge in [-0.15, -0.1) is 11.8 Å². The van der Waals surface area contributed by atoms with Crippen LogP contribution in [0, 0.1) is 0 Å². The van der Waals surface area contributed by atoms with E-state index in [1.807, 2.05) is 6.92 Å². The highest BCUT2D eigenvalue weighted by Gasteiger charge is 2.53. The molecule has 140 valence electrons. The molecule has 0 aliphatic carbocycles. The summed E-state index contributed by atoms with van der Waals surface area (Å²) >= 11 is 1.51. The standard InChI is InChI=1S/C18H23N3O4S/c1-4-5-13(23)19-14-17(25)21-15(10(2)22)12(9-26-18(14)21)8-11-6-7-20(3)16(11)24/h8,14,18H,4-7,9H2,1-3H3,(H,19,23). The molecule has 2 unspecified atom stereocenters. The molecule has 2 saturated heterocycles. The fourth-order valence-electron chi connectivity index (χ4n) is 3.47. The van der Waals surface area contributed by atoms with Crippen molar-refractivity contribution in [2.45, 2.75) is 44.5 Å². The summed E-state index contributed by atoms with van der Waals surface area (Å²) in [4.78, 5) is 51.9. The molecule has 0 aromatic carbocycles. The number of ketones is 1. The normalized spacial score (nSPS) is 27.0. The van der Waals surface area contributed by atoms with Crippen molar-refractivity contribution in [2.75, 3.05) is 19.3 Å². The summed E-state index contributed by atoms with van der Waals surface area (Å²) in [5.41, 5.74) is 1.74. The van der Waals surface area contributed by atoms with Crippen LogP contribution in [-0.4, -0.2) is 64.1 Å². The van der Waals surface area contributed by atoms with Crippen LogP contribution >= 0.6 is 11.8 Å². The van der Waals surface area contributed by atoms with E-state index >= 15 is 0 Å². The molecule has 26 heavy (non-hydrogen) atoms. The Bertz CT molecular complexity index is 743. The smallest absolute Gasteiger partial charge is 0.253 e. The van der Waals surface area contributed by atoms with Crippen LogP contribution in [0.1, 0.15) is 33.1 Å². The topological polar surface area (TPSA) is 86.8 Å². The number of carbonyl (C=O) groups is 4. The summed E-state index contributed by atoms with van der Waals surface area (Å²) in [6, 6.07) is -0.582. The number of carbonyl (C=O) groups excluding carboxylic acids is 4. The molecule has 3 amide bonds. The van der Waals surface area contributed by atoms with Gasteiger partial charge in [0.15, 0.2) is 5.78 Å². The van der Waals surface area contributed by atoms with Crippen molar-refractivity contribution >= 4 is 35.3 Å². The van der Waals surface area contributed by atoms with Crippen LogP contribution in [0.5, 0.6) is 0 Å². The highest BCUT2D eigenvalue weighted by Crippen LogP contribution is 2.41. The number of nitrogens with one attached hydrogen (secondary N) is 1. The van der Waals surface area contributed by atoms with Gasteiger partial charge in [0.25, 0.3) is 5.91 Å². The number of thioether (sulfide) groups is 1. The van der Waals surface area contributed by atoms with Crippen molar-refractivity contribution < 1.29 is 19.2 Å². The molecule has 0 spiro atoms. The van der Waals surface area contributed by atoms with Gasteiger partial charge < -0.3 is 10.2 Å². The van der Waals surface area contributed by atoms with Gasteiger partial charge in [0.05, 0.1) is 5.70 Å². The molecule has 0 aromatic rings. The second-order valence-electron chi connectivity index (χ2n) is 6.78. The van der Waals surface area contributed by atoms with Gasteiger partial charge in [-0.25, -0.2) is 0 Å². The van der Waals surface area contributed by atoms with Crippen LogP contribution < -0.4 is 5.32 Å². The summed E-state index contributed by atoms with van der Waals surface area (Å²) < 4.78 is 0. The molecule has 0 radical (unpaired) electrons. The van der Waals surface area contributed by atoms with E-state index in [0.29, 0.717) is 48.4 Å². The minimum Gasteiger partial charge on any atom is -0.342 e. The van der Waals surface area contributed by atoms with E-state index < -0.39 is 6.04 Å². The number of allylic oxidation sites excluding steroid dienone is 2. The highest BCUT2D eigenvalue weighted by molar-refractivity contribution is 8.00. The summed E-state index contributed by atoms with van der Waals surface area (Å²) in [6.45, 7) is 4.00. The van der Waals surface area contributed by atoms with Crippen molar-refractivity contribution in [3.63, 3.8) is 0 Å². The zero-order valence-electron chi connectivity index (χ0n) is 15.2. The number of likely N-dealkylation sites (N-methyl/N-ethyl adjacent to an activating group) is 1. The van der Waals surface area contributed by atoms with Crippen LogP contribution in [0.25, 0.3) is 0 Å². The van der Waals surface area contributed by atoms with Gasteiger partial charge in [-0.2, -0.15) is 0 Å². The van der Waals surface area contributed by atoms with E-state index in [4.69, 9.17) is 0 Å². The number of amides is 3. The van der Waals surface area contributed by atoms with Gasteiger partial charge in [-0.1, -0.05) is 6.92 Å². The lowest BCUT2D eigenvalue weighted by molar-refractivity contribution is -0.147. The van der Waals surface area contributed by atoms with E-state index in [1.54, 1.807) is 18.0 Å². The van der Waals surface area contributed by atoms with E-state index in [9.17, 15) is 19.2 Å². The molecule has 3 aliphatic rings. The summed E-state index contributed by atoms with van der Waals surface area (Å²) in [6.07, 6.45) is 3.50. The third-order valence-corrected chi connectivity index (χ3v) is 6.11. The Morgan fingerprint density at radius 2 is 2.08 bits per heavy atom. The van der Waals surface area contributed by atoms with Crippen LogP contribution in [0.15, 0.2) is 22.9 Å². The second kappa shape index (κ2) is 7.26. The van der Waals surface area contributed by atoms with Gasteiger partial charge in [0, 0.05) is 38.3 Å². The molecule has 8 heteroatoms. The molecule has 3 aliphatic heterocycles. The molecule has 3 rings (SSSR count). The van der Waals surface area contributed by atoms with E-state index in [1.165, 1.54) is 23.6 Å². The maximum atomic E-state index is 12.6. The third kappa shape index (κ3) is 3.18. The predicted octanol–water partition coefficient (Wildman–Crippen LogP) is 0.818. The molecular weight excluding hydrogens is 354 g/mol. The van der Waals surface area contributed by atoms with Crippen LogP contribution in [0.4, 0.5) is 0 Å². The number of β-lactam (4-membered cyclic amide) rings is 1. The zero-order chi connectivity index (χ0) is 19.0. The monoisotopic (exact) mass is 377 g/mol. The minimum absolute atomic E-state index is 0.0350. The number of nitrogens with zero attached hydrogens (tertiary/aromatic N) is 2. The average molecular weight is 377 g/mol. The predicted molar refractivity (Wildman–Crippen MR) is 98.0 cm³/mol. The lowest BCUT2D eigenvalue weighted by Gasteiger charge is -2.49. The third-order valence-electron chi connectivity index (χ3n) is 4.81. The average Bonchev–Trinajstić information content (AvgIpc) is 2.91. The lowest BCUT2D eigenvalue weighted by Crippen LogP contribution is -2.70. The van der Waals surface area contributed by atoms with Crippen molar-refractivity contribution in [3.8, 4) is 0 Å². The number of likely N-dealkylation sites (tertiary alicyclic amines) is 1. The number of hydrogen-bond donors (Lipinski definition) is 1. The van der Waals surface area contributed by atoms with Crippen LogP contribution in [0.3, 0.4) is 0 Å². The second-order valence-corrected chi connectivity index (χ2v) is 7.89. The van der Waals surface area contributed by atoms with E-state index in [0.717, 1.165) is 0 Å². The summed E-state index contributed by atoms with van der Waals surface area (Å²) in [7, 11) is 1.75. The SMILES string of the molecule is CCCC(=O)NC1C(=O)N2C(C(C)=O)=C(C=C3CCN(C)C3=O)CSC12. The van der Waals surface area contributed by atoms with Gasteiger partial charge in [-0.05, 0) is 24.5 Å². The molecule has 7 nitrogen and oxygen atoms in total. The molecule has 1 N–H and O–H groups in total. The van der Waals surface area contributed by atoms with Crippen molar-refractivity contribution in [1.29, 1.82) is 0 Å². The number of Topliss-reactive ketones (excluding diaryl/α,β-unsaturated/α-hetero) is 1. The Balaban J connectivity index is 1.85. The number of fused-ring (bicyclic) bond motifs is 1. The number of hydrogen-bond acceptors (Lipinski definition) is 5. The first-order valence-electron chi connectivity index (χ1n) is 8.79. The molecule has 0 aromatic heterocycles. The lowest BCUT2D eigenvalue weighted by atomic mass is 9.99. The molecule has 0 bridgehead atoms. The highest BCUT2D eigenvalue weighted by atomic mass is 32.2. The van der Waals surface area contributed by atoms with Crippen molar-refractivity contribution in [2.24, 2.45) is 0 Å². The number of rotatable bonds is 5. The Kier molecular flexibility index (Phi) is 5.22. The van der Waals surface area contributed by atoms with Crippen LogP contribution in [-0.2, 0) is 19.2 Å². The Labute approximate surface area is 156 Å². The van der Waals surface area contributed by atoms with E-state index in [-0.39, 0.29) is 28.9 Å². The molecule has 2 fully saturated rings. The largest absolute Gasteiger partial charge is 0.342 e. The Hall–Kier alpha value is -2.09. The zero-order valence-corrected chi connectivity index (χ0v) is 16.0.